The van der Waals surface area contributed by atoms with Gasteiger partial charge in [0, 0.05) is 42.8 Å². The average molecular weight is 333 g/mol. The van der Waals surface area contributed by atoms with Crippen LogP contribution < -0.4 is 4.74 Å². The lowest BCUT2D eigenvalue weighted by Crippen LogP contribution is -2.01. The number of rotatable bonds is 5. The molecule has 4 nitrogen and oxygen atoms in total. The Hall–Kier alpha value is -2.75. The Morgan fingerprint density at radius 3 is 2.04 bits per heavy atom. The third-order valence-electron chi connectivity index (χ3n) is 4.51. The van der Waals surface area contributed by atoms with Gasteiger partial charge < -0.3 is 4.74 Å². The van der Waals surface area contributed by atoms with Gasteiger partial charge in [0.25, 0.3) is 0 Å². The zero-order valence-electron chi connectivity index (χ0n) is 15.2. The van der Waals surface area contributed by atoms with Crippen LogP contribution >= 0.6 is 0 Å². The zero-order chi connectivity index (χ0) is 17.8. The Kier molecular flexibility index (Phi) is 5.08. The first-order chi connectivity index (χ1) is 12.1. The van der Waals surface area contributed by atoms with Gasteiger partial charge in [-0.2, -0.15) is 0 Å². The van der Waals surface area contributed by atoms with Gasteiger partial charge in [0.1, 0.15) is 5.75 Å². The summed E-state index contributed by atoms with van der Waals surface area (Å²) in [5.41, 5.74) is 8.09. The van der Waals surface area contributed by atoms with E-state index in [9.17, 15) is 0 Å². The normalized spacial score (nSPS) is 10.7. The molecule has 0 bridgehead atoms. The van der Waals surface area contributed by atoms with Crippen molar-refractivity contribution in [3.63, 3.8) is 0 Å². The summed E-state index contributed by atoms with van der Waals surface area (Å²) in [6.45, 7) is 6.28. The van der Waals surface area contributed by atoms with Crippen LogP contribution in [0.3, 0.4) is 0 Å². The number of hydrogen-bond donors (Lipinski definition) is 0. The standard InChI is InChI=1S/C21H23N3O/c1-14-5-6-22-11-17(14)9-19-7-15(2)18(12-23-19)10-20-8-16(3)21(25-4)13-24-20/h5-8,11-13H,9-10H2,1-4H3. The molecule has 0 unspecified atom stereocenters. The largest absolute Gasteiger partial charge is 0.495 e. The molecule has 3 rings (SSSR count). The van der Waals surface area contributed by atoms with Crippen molar-refractivity contribution in [3.05, 3.63) is 82.2 Å². The van der Waals surface area contributed by atoms with E-state index in [0.717, 1.165) is 35.5 Å². The molecule has 4 heteroatoms. The molecule has 0 saturated heterocycles. The summed E-state index contributed by atoms with van der Waals surface area (Å²) < 4.78 is 5.28. The van der Waals surface area contributed by atoms with Gasteiger partial charge in [0.2, 0.25) is 0 Å². The third-order valence-corrected chi connectivity index (χ3v) is 4.51. The smallest absolute Gasteiger partial charge is 0.140 e. The number of aromatic nitrogens is 3. The second-order valence-electron chi connectivity index (χ2n) is 6.40. The Morgan fingerprint density at radius 1 is 0.800 bits per heavy atom. The summed E-state index contributed by atoms with van der Waals surface area (Å²) in [7, 11) is 1.67. The van der Waals surface area contributed by atoms with E-state index in [4.69, 9.17) is 4.74 Å². The lowest BCUT2D eigenvalue weighted by Gasteiger charge is -2.10. The van der Waals surface area contributed by atoms with Crippen LogP contribution in [-0.4, -0.2) is 22.1 Å². The highest BCUT2D eigenvalue weighted by molar-refractivity contribution is 5.36. The molecule has 0 fully saturated rings. The highest BCUT2D eigenvalue weighted by atomic mass is 16.5. The van der Waals surface area contributed by atoms with Gasteiger partial charge in [0.15, 0.2) is 0 Å². The Balaban J connectivity index is 1.78. The van der Waals surface area contributed by atoms with Gasteiger partial charge in [-0.1, -0.05) is 0 Å². The Labute approximate surface area is 149 Å². The van der Waals surface area contributed by atoms with E-state index in [1.165, 1.54) is 22.3 Å². The maximum absolute atomic E-state index is 5.28. The number of pyridine rings is 3. The van der Waals surface area contributed by atoms with Crippen molar-refractivity contribution >= 4 is 0 Å². The molecule has 0 aliphatic rings. The van der Waals surface area contributed by atoms with E-state index < -0.39 is 0 Å². The third kappa shape index (κ3) is 4.02. The molecule has 3 heterocycles. The minimum absolute atomic E-state index is 0.774. The van der Waals surface area contributed by atoms with Crippen molar-refractivity contribution in [2.24, 2.45) is 0 Å². The maximum Gasteiger partial charge on any atom is 0.140 e. The topological polar surface area (TPSA) is 47.9 Å². The number of aryl methyl sites for hydroxylation is 3. The molecule has 0 aromatic carbocycles. The molecular weight excluding hydrogens is 310 g/mol. The fourth-order valence-electron chi connectivity index (χ4n) is 2.91. The van der Waals surface area contributed by atoms with Crippen LogP contribution in [0.25, 0.3) is 0 Å². The second kappa shape index (κ2) is 7.43. The molecular formula is C21H23N3O. The van der Waals surface area contributed by atoms with Crippen LogP contribution in [0.2, 0.25) is 0 Å². The highest BCUT2D eigenvalue weighted by Gasteiger charge is 2.08. The lowest BCUT2D eigenvalue weighted by atomic mass is 10.0. The maximum atomic E-state index is 5.28. The molecule has 0 saturated carbocycles. The number of methoxy groups -OCH3 is 1. The van der Waals surface area contributed by atoms with E-state index in [1.54, 1.807) is 13.3 Å². The van der Waals surface area contributed by atoms with Crippen LogP contribution in [0.4, 0.5) is 0 Å². The molecule has 0 aliphatic carbocycles. The predicted octanol–water partition coefficient (Wildman–Crippen LogP) is 3.99. The summed E-state index contributed by atoms with van der Waals surface area (Å²) in [6.07, 6.45) is 9.08. The van der Waals surface area contributed by atoms with Crippen molar-refractivity contribution in [2.75, 3.05) is 7.11 Å². The fourth-order valence-corrected chi connectivity index (χ4v) is 2.91. The summed E-state index contributed by atoms with van der Waals surface area (Å²) in [6, 6.07) is 6.28. The Morgan fingerprint density at radius 2 is 1.44 bits per heavy atom. The molecule has 0 amide bonds. The van der Waals surface area contributed by atoms with Crippen molar-refractivity contribution < 1.29 is 4.74 Å². The van der Waals surface area contributed by atoms with E-state index >= 15 is 0 Å². The van der Waals surface area contributed by atoms with Crippen LogP contribution in [0.5, 0.6) is 5.75 Å². The van der Waals surface area contributed by atoms with Gasteiger partial charge in [-0.25, -0.2) is 0 Å². The Bertz CT molecular complexity index is 890. The predicted molar refractivity (Wildman–Crippen MR) is 99.1 cm³/mol. The molecule has 0 atom stereocenters. The summed E-state index contributed by atoms with van der Waals surface area (Å²) >= 11 is 0. The quantitative estimate of drug-likeness (QED) is 0.708. The monoisotopic (exact) mass is 333 g/mol. The van der Waals surface area contributed by atoms with Gasteiger partial charge in [-0.3, -0.25) is 15.0 Å². The number of hydrogen-bond acceptors (Lipinski definition) is 4. The van der Waals surface area contributed by atoms with E-state index in [-0.39, 0.29) is 0 Å². The fraction of sp³-hybridized carbons (Fsp3) is 0.286. The molecule has 3 aromatic rings. The molecule has 0 N–H and O–H groups in total. The first kappa shape index (κ1) is 17.1. The van der Waals surface area contributed by atoms with Crippen molar-refractivity contribution in [2.45, 2.75) is 33.6 Å². The first-order valence-electron chi connectivity index (χ1n) is 8.40. The van der Waals surface area contributed by atoms with Crippen LogP contribution in [-0.2, 0) is 12.8 Å². The first-order valence-corrected chi connectivity index (χ1v) is 8.40. The molecule has 25 heavy (non-hydrogen) atoms. The molecule has 3 aromatic heterocycles. The highest BCUT2D eigenvalue weighted by Crippen LogP contribution is 2.20. The van der Waals surface area contributed by atoms with E-state index in [2.05, 4.69) is 40.9 Å². The van der Waals surface area contributed by atoms with Gasteiger partial charge in [-0.15, -0.1) is 0 Å². The molecule has 0 spiro atoms. The van der Waals surface area contributed by atoms with Crippen molar-refractivity contribution in [1.82, 2.24) is 15.0 Å². The number of ether oxygens (including phenoxy) is 1. The minimum Gasteiger partial charge on any atom is -0.495 e. The van der Waals surface area contributed by atoms with Crippen molar-refractivity contribution in [3.8, 4) is 5.75 Å². The van der Waals surface area contributed by atoms with Crippen LogP contribution in [0.15, 0.2) is 43.0 Å². The van der Waals surface area contributed by atoms with Crippen LogP contribution in [0.1, 0.15) is 39.2 Å². The minimum atomic E-state index is 0.774. The SMILES string of the molecule is COc1cnc(Cc2cnc(Cc3cnccc3C)cc2C)cc1C. The summed E-state index contributed by atoms with van der Waals surface area (Å²) in [5.74, 6) is 0.820. The van der Waals surface area contributed by atoms with Gasteiger partial charge >= 0.3 is 0 Å². The average Bonchev–Trinajstić information content (AvgIpc) is 2.59. The van der Waals surface area contributed by atoms with E-state index in [0.29, 0.717) is 0 Å². The second-order valence-corrected chi connectivity index (χ2v) is 6.40. The van der Waals surface area contributed by atoms with Gasteiger partial charge in [0.05, 0.1) is 13.3 Å². The molecule has 0 radical (unpaired) electrons. The lowest BCUT2D eigenvalue weighted by molar-refractivity contribution is 0.409. The van der Waals surface area contributed by atoms with Gasteiger partial charge in [-0.05, 0) is 66.8 Å². The number of nitrogens with zero attached hydrogens (tertiary/aromatic N) is 3. The molecule has 128 valence electrons. The summed E-state index contributed by atoms with van der Waals surface area (Å²) in [5, 5.41) is 0. The van der Waals surface area contributed by atoms with E-state index in [1.807, 2.05) is 31.6 Å². The molecule has 0 aliphatic heterocycles. The van der Waals surface area contributed by atoms with Crippen LogP contribution in [0, 0.1) is 20.8 Å². The zero-order valence-corrected chi connectivity index (χ0v) is 15.2. The van der Waals surface area contributed by atoms with Crippen molar-refractivity contribution in [1.29, 1.82) is 0 Å². The summed E-state index contributed by atoms with van der Waals surface area (Å²) in [4.78, 5) is 13.3.